The standard InChI is InChI=1S/C15H19ClS/c16-14(11-12-7-3-1-4-8-12)15(17)13-9-5-2-6-10-13/h2,5-6,9-10,12,14H,1,3-4,7-8,11H2. The van der Waals surface area contributed by atoms with E-state index in [-0.39, 0.29) is 5.38 Å². The molecule has 2 heteroatoms. The Balaban J connectivity index is 1.91. The highest BCUT2D eigenvalue weighted by Gasteiger charge is 2.20. The zero-order valence-electron chi connectivity index (χ0n) is 10.1. The molecule has 0 radical (unpaired) electrons. The quantitative estimate of drug-likeness (QED) is 0.421. The van der Waals surface area contributed by atoms with Crippen molar-refractivity contribution in [2.45, 2.75) is 43.9 Å². The molecule has 0 amide bonds. The summed E-state index contributed by atoms with van der Waals surface area (Å²) in [6.07, 6.45) is 7.85. The minimum Gasteiger partial charge on any atom is -0.117 e. The Labute approximate surface area is 114 Å². The second-order valence-electron chi connectivity index (χ2n) is 4.94. The van der Waals surface area contributed by atoms with Crippen molar-refractivity contribution in [2.75, 3.05) is 0 Å². The number of halogens is 1. The molecule has 0 nitrogen and oxygen atoms in total. The second kappa shape index (κ2) is 6.51. The van der Waals surface area contributed by atoms with Gasteiger partial charge < -0.3 is 0 Å². The zero-order valence-corrected chi connectivity index (χ0v) is 11.6. The maximum absolute atomic E-state index is 6.46. The van der Waals surface area contributed by atoms with Crippen molar-refractivity contribution >= 4 is 28.7 Å². The molecular formula is C15H19ClS. The van der Waals surface area contributed by atoms with Gasteiger partial charge in [-0.05, 0) is 17.9 Å². The second-order valence-corrected chi connectivity index (χ2v) is 5.90. The molecule has 0 aliphatic heterocycles. The topological polar surface area (TPSA) is 0 Å². The molecule has 1 fully saturated rings. The van der Waals surface area contributed by atoms with Crippen LogP contribution >= 0.6 is 23.8 Å². The van der Waals surface area contributed by atoms with Crippen molar-refractivity contribution in [2.24, 2.45) is 5.92 Å². The van der Waals surface area contributed by atoms with Gasteiger partial charge >= 0.3 is 0 Å². The van der Waals surface area contributed by atoms with Crippen LogP contribution in [0.4, 0.5) is 0 Å². The normalized spacial score (nSPS) is 18.9. The summed E-state index contributed by atoms with van der Waals surface area (Å²) in [5, 5.41) is 0.0236. The molecule has 0 bridgehead atoms. The van der Waals surface area contributed by atoms with Gasteiger partial charge in [0.15, 0.2) is 0 Å². The van der Waals surface area contributed by atoms with Crippen LogP contribution in [-0.2, 0) is 0 Å². The van der Waals surface area contributed by atoms with E-state index in [0.717, 1.165) is 22.8 Å². The summed E-state index contributed by atoms with van der Waals surface area (Å²) in [7, 11) is 0. The summed E-state index contributed by atoms with van der Waals surface area (Å²) >= 11 is 11.9. The third kappa shape index (κ3) is 3.79. The first kappa shape index (κ1) is 13.0. The van der Waals surface area contributed by atoms with E-state index in [0.29, 0.717) is 0 Å². The van der Waals surface area contributed by atoms with Crippen LogP contribution in [0.3, 0.4) is 0 Å². The third-order valence-corrected chi connectivity index (χ3v) is 4.65. The van der Waals surface area contributed by atoms with Crippen LogP contribution < -0.4 is 0 Å². The van der Waals surface area contributed by atoms with E-state index >= 15 is 0 Å². The van der Waals surface area contributed by atoms with Crippen LogP contribution in [0.25, 0.3) is 0 Å². The number of alkyl halides is 1. The fourth-order valence-corrected chi connectivity index (χ4v) is 3.22. The highest BCUT2D eigenvalue weighted by Crippen LogP contribution is 2.29. The van der Waals surface area contributed by atoms with E-state index in [1.807, 2.05) is 18.2 Å². The van der Waals surface area contributed by atoms with Crippen molar-refractivity contribution in [3.63, 3.8) is 0 Å². The number of benzene rings is 1. The summed E-state index contributed by atoms with van der Waals surface area (Å²) in [5.41, 5.74) is 1.11. The first-order chi connectivity index (χ1) is 8.27. The Morgan fingerprint density at radius 2 is 1.82 bits per heavy atom. The zero-order chi connectivity index (χ0) is 12.1. The molecular weight excluding hydrogens is 248 g/mol. The number of thiocarbonyl (C=S) groups is 1. The lowest BCUT2D eigenvalue weighted by Gasteiger charge is -2.24. The molecule has 2 rings (SSSR count). The van der Waals surface area contributed by atoms with Crippen molar-refractivity contribution in [3.8, 4) is 0 Å². The molecule has 0 heterocycles. The molecule has 1 aliphatic carbocycles. The number of rotatable bonds is 4. The summed E-state index contributed by atoms with van der Waals surface area (Å²) in [6.45, 7) is 0. The smallest absolute Gasteiger partial charge is 0.0695 e. The highest BCUT2D eigenvalue weighted by molar-refractivity contribution is 7.81. The van der Waals surface area contributed by atoms with Crippen LogP contribution in [0.15, 0.2) is 30.3 Å². The van der Waals surface area contributed by atoms with E-state index in [2.05, 4.69) is 12.1 Å². The van der Waals surface area contributed by atoms with Crippen LogP contribution in [-0.4, -0.2) is 10.2 Å². The van der Waals surface area contributed by atoms with Crippen molar-refractivity contribution in [3.05, 3.63) is 35.9 Å². The maximum Gasteiger partial charge on any atom is 0.0695 e. The molecule has 1 aromatic rings. The van der Waals surface area contributed by atoms with Gasteiger partial charge in [-0.1, -0.05) is 74.7 Å². The average Bonchev–Trinajstić information content (AvgIpc) is 2.40. The van der Waals surface area contributed by atoms with Crippen molar-refractivity contribution in [1.82, 2.24) is 0 Å². The van der Waals surface area contributed by atoms with Crippen LogP contribution in [0.2, 0.25) is 0 Å². The van der Waals surface area contributed by atoms with E-state index in [9.17, 15) is 0 Å². The van der Waals surface area contributed by atoms with Gasteiger partial charge in [-0.25, -0.2) is 0 Å². The largest absolute Gasteiger partial charge is 0.117 e. The minimum absolute atomic E-state index is 0.0236. The molecule has 1 unspecified atom stereocenters. The molecule has 1 aliphatic rings. The Morgan fingerprint density at radius 3 is 2.47 bits per heavy atom. The molecule has 92 valence electrons. The minimum atomic E-state index is 0.0236. The molecule has 0 saturated heterocycles. The first-order valence-electron chi connectivity index (χ1n) is 6.50. The van der Waals surface area contributed by atoms with E-state index in [4.69, 9.17) is 23.8 Å². The first-order valence-corrected chi connectivity index (χ1v) is 7.35. The van der Waals surface area contributed by atoms with Gasteiger partial charge in [0.25, 0.3) is 0 Å². The molecule has 0 N–H and O–H groups in total. The molecule has 17 heavy (non-hydrogen) atoms. The van der Waals surface area contributed by atoms with Gasteiger partial charge in [0.05, 0.1) is 5.38 Å². The van der Waals surface area contributed by atoms with E-state index < -0.39 is 0 Å². The average molecular weight is 267 g/mol. The van der Waals surface area contributed by atoms with Gasteiger partial charge in [-0.15, -0.1) is 11.6 Å². The van der Waals surface area contributed by atoms with Gasteiger partial charge in [-0.3, -0.25) is 0 Å². The lowest BCUT2D eigenvalue weighted by Crippen LogP contribution is -2.19. The maximum atomic E-state index is 6.46. The van der Waals surface area contributed by atoms with Crippen molar-refractivity contribution in [1.29, 1.82) is 0 Å². The fourth-order valence-electron chi connectivity index (χ4n) is 2.61. The SMILES string of the molecule is S=C(c1ccccc1)C(Cl)CC1CCCCC1. The van der Waals surface area contributed by atoms with Crippen molar-refractivity contribution < 1.29 is 0 Å². The third-order valence-electron chi connectivity index (χ3n) is 3.61. The highest BCUT2D eigenvalue weighted by atomic mass is 35.5. The predicted molar refractivity (Wildman–Crippen MR) is 79.0 cm³/mol. The summed E-state index contributed by atoms with van der Waals surface area (Å²) in [6, 6.07) is 10.2. The summed E-state index contributed by atoms with van der Waals surface area (Å²) < 4.78 is 0. The number of hydrogen-bond donors (Lipinski definition) is 0. The van der Waals surface area contributed by atoms with E-state index in [1.54, 1.807) is 0 Å². The van der Waals surface area contributed by atoms with Gasteiger partial charge in [0.2, 0.25) is 0 Å². The lowest BCUT2D eigenvalue weighted by atomic mass is 9.85. The summed E-state index contributed by atoms with van der Waals surface area (Å²) in [5.74, 6) is 0.785. The lowest BCUT2D eigenvalue weighted by molar-refractivity contribution is 0.345. The molecule has 0 aromatic heterocycles. The monoisotopic (exact) mass is 266 g/mol. The Morgan fingerprint density at radius 1 is 1.18 bits per heavy atom. The molecule has 1 atom stereocenters. The Hall–Kier alpha value is -0.400. The summed E-state index contributed by atoms with van der Waals surface area (Å²) in [4.78, 5) is 0.915. The molecule has 0 spiro atoms. The van der Waals surface area contributed by atoms with Gasteiger partial charge in [0.1, 0.15) is 0 Å². The fraction of sp³-hybridized carbons (Fsp3) is 0.533. The van der Waals surface area contributed by atoms with Gasteiger partial charge in [0, 0.05) is 4.86 Å². The van der Waals surface area contributed by atoms with Gasteiger partial charge in [-0.2, -0.15) is 0 Å². The predicted octanol–water partition coefficient (Wildman–Crippen LogP) is 4.98. The number of hydrogen-bond acceptors (Lipinski definition) is 1. The van der Waals surface area contributed by atoms with Crippen LogP contribution in [0.5, 0.6) is 0 Å². The van der Waals surface area contributed by atoms with Crippen LogP contribution in [0, 0.1) is 5.92 Å². The van der Waals surface area contributed by atoms with E-state index in [1.165, 1.54) is 32.1 Å². The molecule has 1 aromatic carbocycles. The molecule has 1 saturated carbocycles. The Kier molecular flexibility index (Phi) is 4.99. The Bertz CT molecular complexity index is 354. The van der Waals surface area contributed by atoms with Crippen LogP contribution in [0.1, 0.15) is 44.1 Å².